The highest BCUT2D eigenvalue weighted by Crippen LogP contribution is 2.43. The number of unbranched alkanes of at least 4 members (excludes halogenated alkanes) is 22. The average Bonchev–Trinajstić information content (AvgIpc) is 3.08. The number of nitrogens with one attached hydrogen (secondary N) is 1. The molecule has 0 aromatic heterocycles. The molecule has 0 aliphatic carbocycles. The quantitative estimate of drug-likeness (QED) is 0.0278. The molecule has 49 heavy (non-hydrogen) atoms. The average molecular weight is 718 g/mol. The van der Waals surface area contributed by atoms with Gasteiger partial charge in [-0.1, -0.05) is 148 Å². The maximum Gasteiger partial charge on any atom is 0.472 e. The molecular formula is C39H76NO8P. The van der Waals surface area contributed by atoms with Crippen LogP contribution in [-0.2, 0) is 32.7 Å². The normalized spacial score (nSPS) is 13.5. The van der Waals surface area contributed by atoms with E-state index in [1.807, 2.05) is 0 Å². The van der Waals surface area contributed by atoms with Crippen molar-refractivity contribution in [2.45, 2.75) is 193 Å². The van der Waals surface area contributed by atoms with Gasteiger partial charge >= 0.3 is 19.8 Å². The van der Waals surface area contributed by atoms with Crippen molar-refractivity contribution in [3.05, 3.63) is 12.2 Å². The van der Waals surface area contributed by atoms with E-state index in [1.165, 1.54) is 122 Å². The van der Waals surface area contributed by atoms with Crippen LogP contribution in [0.15, 0.2) is 12.2 Å². The summed E-state index contributed by atoms with van der Waals surface area (Å²) in [6.07, 6.45) is 33.9. The van der Waals surface area contributed by atoms with Crippen LogP contribution in [0.3, 0.4) is 0 Å². The minimum atomic E-state index is -4.34. The molecule has 0 saturated carbocycles. The molecule has 0 aromatic carbocycles. The fourth-order valence-corrected chi connectivity index (χ4v) is 6.30. The third kappa shape index (κ3) is 36.3. The smallest absolute Gasteiger partial charge is 0.462 e. The van der Waals surface area contributed by atoms with E-state index in [0.29, 0.717) is 13.0 Å². The Morgan fingerprint density at radius 1 is 0.612 bits per heavy atom. The largest absolute Gasteiger partial charge is 0.472 e. The van der Waals surface area contributed by atoms with E-state index in [2.05, 4.69) is 31.3 Å². The van der Waals surface area contributed by atoms with Gasteiger partial charge in [-0.15, -0.1) is 0 Å². The van der Waals surface area contributed by atoms with Gasteiger partial charge in [-0.25, -0.2) is 4.57 Å². The molecule has 0 radical (unpaired) electrons. The zero-order valence-electron chi connectivity index (χ0n) is 31.9. The molecular weight excluding hydrogens is 641 g/mol. The second kappa shape index (κ2) is 36.5. The van der Waals surface area contributed by atoms with Crippen LogP contribution in [-0.4, -0.2) is 56.3 Å². The molecule has 2 atom stereocenters. The molecule has 0 fully saturated rings. The van der Waals surface area contributed by atoms with E-state index in [-0.39, 0.29) is 32.0 Å². The van der Waals surface area contributed by atoms with Crippen molar-refractivity contribution in [3.63, 3.8) is 0 Å². The number of phosphoric ester groups is 1. The number of allylic oxidation sites excluding steroid dienone is 2. The molecule has 0 rings (SSSR count). The number of carbonyl (C=O) groups excluding carboxylic acids is 2. The number of rotatable bonds is 38. The number of likely N-dealkylation sites (N-methyl/N-ethyl adjacent to an activating group) is 1. The Labute approximate surface area is 301 Å². The lowest BCUT2D eigenvalue weighted by Crippen LogP contribution is -2.29. The first kappa shape index (κ1) is 47.8. The first-order valence-corrected chi connectivity index (χ1v) is 21.6. The van der Waals surface area contributed by atoms with E-state index in [0.717, 1.165) is 32.1 Å². The topological polar surface area (TPSA) is 120 Å². The standard InChI is InChI=1S/C39H76NO8P/c1-4-6-8-10-12-14-16-18-19-20-22-23-25-27-29-31-38(41)45-35-37(36-47-49(43,44)46-34-33-40-3)48-39(42)32-30-28-26-24-21-17-15-13-11-9-7-5-2/h14,16,37,40H,4-13,15,17-36H2,1-3H3,(H,43,44)/b16-14-. The number of carbonyl (C=O) groups is 2. The summed E-state index contributed by atoms with van der Waals surface area (Å²) in [7, 11) is -2.64. The van der Waals surface area contributed by atoms with Crippen molar-refractivity contribution in [1.82, 2.24) is 5.32 Å². The van der Waals surface area contributed by atoms with Crippen LogP contribution < -0.4 is 5.32 Å². The molecule has 0 bridgehead atoms. The van der Waals surface area contributed by atoms with Crippen molar-refractivity contribution < 1.29 is 37.6 Å². The summed E-state index contributed by atoms with van der Waals surface area (Å²) in [5.74, 6) is -0.806. The van der Waals surface area contributed by atoms with Gasteiger partial charge < -0.3 is 19.7 Å². The van der Waals surface area contributed by atoms with Gasteiger partial charge in [0.05, 0.1) is 13.2 Å². The molecule has 0 aliphatic heterocycles. The summed E-state index contributed by atoms with van der Waals surface area (Å²) in [6.45, 7) is 4.21. The maximum absolute atomic E-state index is 12.6. The third-order valence-corrected chi connectivity index (χ3v) is 9.62. The van der Waals surface area contributed by atoms with E-state index in [1.54, 1.807) is 7.05 Å². The minimum absolute atomic E-state index is 0.0146. The minimum Gasteiger partial charge on any atom is -0.462 e. The molecule has 10 heteroatoms. The van der Waals surface area contributed by atoms with Crippen molar-refractivity contribution >= 4 is 19.8 Å². The number of esters is 2. The van der Waals surface area contributed by atoms with E-state index >= 15 is 0 Å². The Morgan fingerprint density at radius 3 is 1.53 bits per heavy atom. The SMILES string of the molecule is CCCCCC/C=C\CCCCCCCCCC(=O)OCC(COP(=O)(O)OCCNC)OC(=O)CCCCCCCCCCCCCC. The summed E-state index contributed by atoms with van der Waals surface area (Å²) in [5.41, 5.74) is 0. The third-order valence-electron chi connectivity index (χ3n) is 8.64. The second-order valence-electron chi connectivity index (χ2n) is 13.5. The number of ether oxygens (including phenoxy) is 2. The first-order chi connectivity index (χ1) is 23.8. The summed E-state index contributed by atoms with van der Waals surface area (Å²) in [6, 6.07) is 0. The molecule has 0 heterocycles. The lowest BCUT2D eigenvalue weighted by Gasteiger charge is -2.20. The monoisotopic (exact) mass is 718 g/mol. The Balaban J connectivity index is 4.24. The van der Waals surface area contributed by atoms with Crippen molar-refractivity contribution in [3.8, 4) is 0 Å². The lowest BCUT2D eigenvalue weighted by atomic mass is 10.0. The van der Waals surface area contributed by atoms with Gasteiger partial charge in [-0.2, -0.15) is 0 Å². The predicted molar refractivity (Wildman–Crippen MR) is 202 cm³/mol. The Morgan fingerprint density at radius 2 is 1.04 bits per heavy atom. The fraction of sp³-hybridized carbons (Fsp3) is 0.897. The summed E-state index contributed by atoms with van der Waals surface area (Å²) in [5, 5.41) is 2.82. The lowest BCUT2D eigenvalue weighted by molar-refractivity contribution is -0.161. The molecule has 2 N–H and O–H groups in total. The van der Waals surface area contributed by atoms with Crippen LogP contribution in [0.2, 0.25) is 0 Å². The summed E-state index contributed by atoms with van der Waals surface area (Å²) < 4.78 is 33.1. The van der Waals surface area contributed by atoms with Gasteiger partial charge in [0.15, 0.2) is 6.10 Å². The van der Waals surface area contributed by atoms with Gasteiger partial charge in [0.25, 0.3) is 0 Å². The van der Waals surface area contributed by atoms with Gasteiger partial charge in [0, 0.05) is 19.4 Å². The van der Waals surface area contributed by atoms with Crippen LogP contribution in [0.4, 0.5) is 0 Å². The molecule has 290 valence electrons. The Bertz CT molecular complexity index is 825. The molecule has 2 unspecified atom stereocenters. The zero-order chi connectivity index (χ0) is 36.1. The van der Waals surface area contributed by atoms with Crippen LogP contribution in [0, 0.1) is 0 Å². The summed E-state index contributed by atoms with van der Waals surface area (Å²) >= 11 is 0. The van der Waals surface area contributed by atoms with Gasteiger partial charge in [0.2, 0.25) is 0 Å². The van der Waals surface area contributed by atoms with Crippen LogP contribution in [0.5, 0.6) is 0 Å². The molecule has 0 amide bonds. The van der Waals surface area contributed by atoms with E-state index in [9.17, 15) is 19.0 Å². The van der Waals surface area contributed by atoms with Crippen LogP contribution in [0.25, 0.3) is 0 Å². The zero-order valence-corrected chi connectivity index (χ0v) is 32.8. The van der Waals surface area contributed by atoms with Gasteiger partial charge in [-0.05, 0) is 45.6 Å². The molecule has 0 spiro atoms. The highest BCUT2D eigenvalue weighted by atomic mass is 31.2. The highest BCUT2D eigenvalue weighted by Gasteiger charge is 2.26. The Kier molecular flexibility index (Phi) is 35.6. The molecule has 0 aromatic rings. The van der Waals surface area contributed by atoms with Gasteiger partial charge in [-0.3, -0.25) is 18.6 Å². The molecule has 0 aliphatic rings. The van der Waals surface area contributed by atoms with Crippen LogP contribution in [0.1, 0.15) is 187 Å². The number of hydrogen-bond acceptors (Lipinski definition) is 8. The first-order valence-electron chi connectivity index (χ1n) is 20.1. The number of hydrogen-bond donors (Lipinski definition) is 2. The van der Waals surface area contributed by atoms with Crippen molar-refractivity contribution in [1.29, 1.82) is 0 Å². The molecule has 0 saturated heterocycles. The second-order valence-corrected chi connectivity index (χ2v) is 14.9. The maximum atomic E-state index is 12.6. The van der Waals surface area contributed by atoms with Crippen molar-refractivity contribution in [2.75, 3.05) is 33.4 Å². The van der Waals surface area contributed by atoms with Crippen molar-refractivity contribution in [2.24, 2.45) is 0 Å². The van der Waals surface area contributed by atoms with E-state index in [4.69, 9.17) is 18.5 Å². The number of phosphoric acid groups is 1. The Hall–Kier alpha value is -1.25. The van der Waals surface area contributed by atoms with E-state index < -0.39 is 26.5 Å². The summed E-state index contributed by atoms with van der Waals surface area (Å²) in [4.78, 5) is 34.9. The highest BCUT2D eigenvalue weighted by molar-refractivity contribution is 7.47. The fourth-order valence-electron chi connectivity index (χ4n) is 5.55. The molecule has 9 nitrogen and oxygen atoms in total. The predicted octanol–water partition coefficient (Wildman–Crippen LogP) is 10.9. The van der Waals surface area contributed by atoms with Gasteiger partial charge in [0.1, 0.15) is 6.61 Å². The van der Waals surface area contributed by atoms with Crippen LogP contribution >= 0.6 is 7.82 Å².